The summed E-state index contributed by atoms with van der Waals surface area (Å²) in [4.78, 5) is 30.0. The number of hydrogen-bond donors (Lipinski definition) is 1. The van der Waals surface area contributed by atoms with E-state index in [4.69, 9.17) is 0 Å². The SMILES string of the molecule is CCCN(Cc1nc(C(=O)OC)cs1)C(=O)NC1CCCCC1. The van der Waals surface area contributed by atoms with E-state index in [0.29, 0.717) is 18.8 Å². The van der Waals surface area contributed by atoms with E-state index in [2.05, 4.69) is 15.0 Å². The fourth-order valence-electron chi connectivity index (χ4n) is 2.78. The molecule has 128 valence electrons. The first kappa shape index (κ1) is 17.7. The van der Waals surface area contributed by atoms with Gasteiger partial charge in [0.15, 0.2) is 5.69 Å². The first-order valence-electron chi connectivity index (χ1n) is 8.22. The van der Waals surface area contributed by atoms with E-state index in [9.17, 15) is 9.59 Å². The molecule has 0 unspecified atom stereocenters. The van der Waals surface area contributed by atoms with Crippen LogP contribution in [0.1, 0.15) is 60.9 Å². The van der Waals surface area contributed by atoms with Crippen molar-refractivity contribution in [3.05, 3.63) is 16.1 Å². The lowest BCUT2D eigenvalue weighted by Crippen LogP contribution is -2.45. The standard InChI is InChI=1S/C16H25N3O3S/c1-3-9-19(16(21)17-12-7-5-4-6-8-12)10-14-18-13(11-23-14)15(20)22-2/h11-12H,3-10H2,1-2H3,(H,17,21). The zero-order valence-corrected chi connectivity index (χ0v) is 14.7. The highest BCUT2D eigenvalue weighted by Crippen LogP contribution is 2.18. The van der Waals surface area contributed by atoms with Crippen LogP contribution in [0.15, 0.2) is 5.38 Å². The Hall–Kier alpha value is -1.63. The predicted octanol–water partition coefficient (Wildman–Crippen LogP) is 3.18. The van der Waals surface area contributed by atoms with Crippen LogP contribution in [0.2, 0.25) is 0 Å². The van der Waals surface area contributed by atoms with Gasteiger partial charge in [0.2, 0.25) is 0 Å². The van der Waals surface area contributed by atoms with Crippen LogP contribution in [0, 0.1) is 0 Å². The lowest BCUT2D eigenvalue weighted by Gasteiger charge is -2.27. The molecule has 1 heterocycles. The monoisotopic (exact) mass is 339 g/mol. The number of ether oxygens (including phenoxy) is 1. The zero-order valence-electron chi connectivity index (χ0n) is 13.8. The fourth-order valence-corrected chi connectivity index (χ4v) is 3.56. The largest absolute Gasteiger partial charge is 0.464 e. The van der Waals surface area contributed by atoms with Gasteiger partial charge in [-0.1, -0.05) is 26.2 Å². The summed E-state index contributed by atoms with van der Waals surface area (Å²) < 4.78 is 4.66. The topological polar surface area (TPSA) is 71.5 Å². The molecule has 0 radical (unpaired) electrons. The Bertz CT molecular complexity index is 526. The van der Waals surface area contributed by atoms with Gasteiger partial charge >= 0.3 is 12.0 Å². The van der Waals surface area contributed by atoms with Gasteiger partial charge in [-0.25, -0.2) is 14.6 Å². The van der Waals surface area contributed by atoms with Crippen LogP contribution in [0.4, 0.5) is 4.79 Å². The zero-order chi connectivity index (χ0) is 16.7. The van der Waals surface area contributed by atoms with Crippen molar-refractivity contribution in [3.63, 3.8) is 0 Å². The molecule has 1 aliphatic rings. The quantitative estimate of drug-likeness (QED) is 0.808. The van der Waals surface area contributed by atoms with E-state index in [1.165, 1.54) is 37.7 Å². The molecule has 1 saturated carbocycles. The summed E-state index contributed by atoms with van der Waals surface area (Å²) >= 11 is 1.38. The molecule has 2 amide bonds. The summed E-state index contributed by atoms with van der Waals surface area (Å²) in [7, 11) is 1.34. The Kier molecular flexibility index (Phi) is 6.83. The number of aromatic nitrogens is 1. The number of urea groups is 1. The van der Waals surface area contributed by atoms with Crippen molar-refractivity contribution in [1.82, 2.24) is 15.2 Å². The van der Waals surface area contributed by atoms with Crippen LogP contribution in [0.3, 0.4) is 0 Å². The summed E-state index contributed by atoms with van der Waals surface area (Å²) in [5.41, 5.74) is 0.302. The number of nitrogens with one attached hydrogen (secondary N) is 1. The van der Waals surface area contributed by atoms with E-state index in [-0.39, 0.29) is 12.1 Å². The highest BCUT2D eigenvalue weighted by Gasteiger charge is 2.21. The second kappa shape index (κ2) is 8.86. The molecular formula is C16H25N3O3S. The molecule has 2 rings (SSSR count). The van der Waals surface area contributed by atoms with Crippen molar-refractivity contribution in [3.8, 4) is 0 Å². The Labute approximate surface area is 141 Å². The Morgan fingerprint density at radius 3 is 2.78 bits per heavy atom. The average molecular weight is 339 g/mol. The molecule has 0 bridgehead atoms. The molecule has 6 nitrogen and oxygen atoms in total. The van der Waals surface area contributed by atoms with Gasteiger partial charge in [-0.05, 0) is 19.3 Å². The molecule has 1 N–H and O–H groups in total. The average Bonchev–Trinajstić information content (AvgIpc) is 3.03. The van der Waals surface area contributed by atoms with Crippen molar-refractivity contribution in [2.75, 3.05) is 13.7 Å². The van der Waals surface area contributed by atoms with Crippen LogP contribution in [0.5, 0.6) is 0 Å². The van der Waals surface area contributed by atoms with Gasteiger partial charge in [0.25, 0.3) is 0 Å². The minimum absolute atomic E-state index is 0.0337. The predicted molar refractivity (Wildman–Crippen MR) is 89.6 cm³/mol. The molecule has 1 fully saturated rings. The van der Waals surface area contributed by atoms with Crippen LogP contribution < -0.4 is 5.32 Å². The second-order valence-electron chi connectivity index (χ2n) is 5.82. The first-order chi connectivity index (χ1) is 11.1. The molecule has 1 aromatic heterocycles. The molecule has 1 aliphatic carbocycles. The number of rotatable bonds is 6. The van der Waals surface area contributed by atoms with Gasteiger partial charge in [0.05, 0.1) is 13.7 Å². The van der Waals surface area contributed by atoms with Crippen molar-refractivity contribution >= 4 is 23.3 Å². The van der Waals surface area contributed by atoms with Gasteiger partial charge in [-0.15, -0.1) is 11.3 Å². The van der Waals surface area contributed by atoms with Crippen LogP contribution in [-0.4, -0.2) is 41.6 Å². The van der Waals surface area contributed by atoms with Crippen LogP contribution in [-0.2, 0) is 11.3 Å². The third-order valence-electron chi connectivity index (χ3n) is 3.99. The van der Waals surface area contributed by atoms with E-state index >= 15 is 0 Å². The highest BCUT2D eigenvalue weighted by atomic mass is 32.1. The maximum atomic E-state index is 12.5. The third kappa shape index (κ3) is 5.20. The highest BCUT2D eigenvalue weighted by molar-refractivity contribution is 7.09. The molecule has 0 atom stereocenters. The van der Waals surface area contributed by atoms with E-state index in [0.717, 1.165) is 24.3 Å². The Morgan fingerprint density at radius 1 is 1.39 bits per heavy atom. The number of carbonyl (C=O) groups is 2. The van der Waals surface area contributed by atoms with E-state index < -0.39 is 5.97 Å². The van der Waals surface area contributed by atoms with Crippen molar-refractivity contribution in [2.45, 2.75) is 58.0 Å². The Balaban J connectivity index is 1.95. The summed E-state index contributed by atoms with van der Waals surface area (Å²) in [5, 5.41) is 5.56. The van der Waals surface area contributed by atoms with Gasteiger partial charge in [-0.2, -0.15) is 0 Å². The summed E-state index contributed by atoms with van der Waals surface area (Å²) in [6, 6.07) is 0.256. The van der Waals surface area contributed by atoms with Crippen molar-refractivity contribution in [2.24, 2.45) is 0 Å². The lowest BCUT2D eigenvalue weighted by molar-refractivity contribution is 0.0594. The maximum Gasteiger partial charge on any atom is 0.357 e. The summed E-state index contributed by atoms with van der Waals surface area (Å²) in [5.74, 6) is -0.443. The summed E-state index contributed by atoms with van der Waals surface area (Å²) in [6.45, 7) is 3.14. The first-order valence-corrected chi connectivity index (χ1v) is 9.10. The van der Waals surface area contributed by atoms with Crippen LogP contribution in [0.25, 0.3) is 0 Å². The van der Waals surface area contributed by atoms with Gasteiger partial charge in [0, 0.05) is 18.0 Å². The number of thiazole rings is 1. The molecular weight excluding hydrogens is 314 g/mol. The minimum Gasteiger partial charge on any atom is -0.464 e. The molecule has 0 spiro atoms. The third-order valence-corrected chi connectivity index (χ3v) is 4.82. The molecule has 0 saturated heterocycles. The fraction of sp³-hybridized carbons (Fsp3) is 0.688. The number of methoxy groups -OCH3 is 1. The van der Waals surface area contributed by atoms with Gasteiger partial charge in [-0.3, -0.25) is 0 Å². The number of nitrogens with zero attached hydrogens (tertiary/aromatic N) is 2. The maximum absolute atomic E-state index is 12.5. The molecule has 0 aromatic carbocycles. The number of esters is 1. The lowest BCUT2D eigenvalue weighted by atomic mass is 9.96. The number of carbonyl (C=O) groups excluding carboxylic acids is 2. The molecule has 23 heavy (non-hydrogen) atoms. The minimum atomic E-state index is -0.443. The molecule has 1 aromatic rings. The van der Waals surface area contributed by atoms with E-state index in [1.54, 1.807) is 10.3 Å². The Morgan fingerprint density at radius 2 is 2.13 bits per heavy atom. The van der Waals surface area contributed by atoms with E-state index in [1.807, 2.05) is 6.92 Å². The smallest absolute Gasteiger partial charge is 0.357 e. The molecule has 7 heteroatoms. The normalized spacial score (nSPS) is 15.2. The van der Waals surface area contributed by atoms with Crippen molar-refractivity contribution in [1.29, 1.82) is 0 Å². The second-order valence-corrected chi connectivity index (χ2v) is 6.77. The van der Waals surface area contributed by atoms with Gasteiger partial charge in [0.1, 0.15) is 5.01 Å². The van der Waals surface area contributed by atoms with Gasteiger partial charge < -0.3 is 15.0 Å². The van der Waals surface area contributed by atoms with Crippen LogP contribution >= 0.6 is 11.3 Å². The molecule has 0 aliphatic heterocycles. The summed E-state index contributed by atoms with van der Waals surface area (Å²) in [6.07, 6.45) is 6.65. The van der Waals surface area contributed by atoms with Crippen molar-refractivity contribution < 1.29 is 14.3 Å². The number of amides is 2. The number of hydrogen-bond acceptors (Lipinski definition) is 5.